The lowest BCUT2D eigenvalue weighted by atomic mass is 10.0. The number of nitrogens with two attached hydrogens (primary N) is 1. The molecule has 308 valence electrons. The highest BCUT2D eigenvalue weighted by atomic mass is 31.2. The second kappa shape index (κ2) is 39.9. The third kappa shape index (κ3) is 38.3. The van der Waals surface area contributed by atoms with Crippen LogP contribution in [0.1, 0.15) is 181 Å². The quantitative estimate of drug-likeness (QED) is 0.0278. The Labute approximate surface area is 325 Å². The normalized spacial score (nSPS) is 14.7. The van der Waals surface area contributed by atoms with Crippen LogP contribution in [0.25, 0.3) is 0 Å². The summed E-state index contributed by atoms with van der Waals surface area (Å²) >= 11 is 0. The van der Waals surface area contributed by atoms with Gasteiger partial charge in [-0.05, 0) is 57.8 Å². The molecule has 0 aliphatic heterocycles. The van der Waals surface area contributed by atoms with Crippen molar-refractivity contribution in [2.75, 3.05) is 19.8 Å². The zero-order chi connectivity index (χ0) is 38.9. The Kier molecular flexibility index (Phi) is 38.5. The van der Waals surface area contributed by atoms with E-state index in [-0.39, 0.29) is 25.7 Å². The van der Waals surface area contributed by atoms with E-state index >= 15 is 0 Å². The van der Waals surface area contributed by atoms with Gasteiger partial charge in [0.1, 0.15) is 0 Å². The second-order valence-corrected chi connectivity index (χ2v) is 15.6. The minimum absolute atomic E-state index is 0.0803. The van der Waals surface area contributed by atoms with Crippen LogP contribution in [0.5, 0.6) is 0 Å². The van der Waals surface area contributed by atoms with Crippen LogP contribution in [0.3, 0.4) is 0 Å². The molecule has 0 saturated carbocycles. The monoisotopic (exact) mass is 765 g/mol. The Morgan fingerprint density at radius 2 is 1.09 bits per heavy atom. The van der Waals surface area contributed by atoms with E-state index < -0.39 is 20.0 Å². The van der Waals surface area contributed by atoms with Crippen LogP contribution in [0, 0.1) is 0 Å². The molecule has 3 unspecified atom stereocenters. The number of unbranched alkanes of at least 4 members (excludes halogenated alkanes) is 17. The second-order valence-electron chi connectivity index (χ2n) is 14.2. The Hall–Kier alpha value is -1.80. The molecule has 0 aromatic carbocycles. The summed E-state index contributed by atoms with van der Waals surface area (Å²) in [5.41, 5.74) is 5.37. The Bertz CT molecular complexity index is 1010. The molecule has 0 spiro atoms. The zero-order valence-electron chi connectivity index (χ0n) is 34.0. The van der Waals surface area contributed by atoms with E-state index in [4.69, 9.17) is 14.8 Å². The number of aliphatic hydroxyl groups is 1. The number of aliphatic hydroxyl groups excluding tert-OH is 1. The molecule has 53 heavy (non-hydrogen) atoms. The standard InChI is InChI=1S/C44H81N2O6P/c1-3-5-7-9-11-13-15-17-19-20-21-22-24-26-28-30-32-34-36-38-44(48)46-42(41-52-53(49,50)51-40-39-45)43(47)37-35-33-31-29-27-25-23-18-16-14-12-10-8-6-4-2/h5,7,11,13,17,19,21-22,26,28,42-43,47H,3-4,6,8-10,12,14-16,18,20,23-25,27,29-41,45H2,1-2H3,(H,46,48)(H,49,50)/b7-5-,13-11-,19-17-,22-21-,28-26-. The lowest BCUT2D eigenvalue weighted by molar-refractivity contribution is -0.123. The van der Waals surface area contributed by atoms with Crippen molar-refractivity contribution in [3.8, 4) is 0 Å². The topological polar surface area (TPSA) is 131 Å². The summed E-state index contributed by atoms with van der Waals surface area (Å²) in [7, 11) is -4.33. The smallest absolute Gasteiger partial charge is 0.391 e. The molecule has 0 aromatic heterocycles. The first-order valence-corrected chi connectivity index (χ1v) is 22.9. The van der Waals surface area contributed by atoms with E-state index in [9.17, 15) is 19.4 Å². The number of amides is 1. The minimum Gasteiger partial charge on any atom is -0.391 e. The van der Waals surface area contributed by atoms with Crippen molar-refractivity contribution < 1.29 is 28.4 Å². The van der Waals surface area contributed by atoms with Crippen LogP contribution in [0.4, 0.5) is 0 Å². The molecule has 0 bridgehead atoms. The number of allylic oxidation sites excluding steroid dienone is 10. The SMILES string of the molecule is CC/C=C\C/C=C\C/C=C\C/C=C\C/C=C\CCCCCC(=O)NC(COP(=O)(O)OCCN)C(O)CCCCCCCCCCCCCCCCC. The molecule has 0 heterocycles. The molecule has 0 radical (unpaired) electrons. The van der Waals surface area contributed by atoms with E-state index in [2.05, 4.69) is 79.9 Å². The fourth-order valence-corrected chi connectivity index (χ4v) is 6.69. The molecule has 1 amide bonds. The number of hydrogen-bond donors (Lipinski definition) is 4. The average molecular weight is 765 g/mol. The lowest BCUT2D eigenvalue weighted by Gasteiger charge is -2.25. The van der Waals surface area contributed by atoms with Crippen molar-refractivity contribution in [1.82, 2.24) is 5.32 Å². The highest BCUT2D eigenvalue weighted by molar-refractivity contribution is 7.47. The van der Waals surface area contributed by atoms with E-state index in [0.29, 0.717) is 12.8 Å². The zero-order valence-corrected chi connectivity index (χ0v) is 34.9. The van der Waals surface area contributed by atoms with Crippen LogP contribution in [0.2, 0.25) is 0 Å². The van der Waals surface area contributed by atoms with Gasteiger partial charge in [0.25, 0.3) is 0 Å². The van der Waals surface area contributed by atoms with Gasteiger partial charge in [0.2, 0.25) is 5.91 Å². The Morgan fingerprint density at radius 1 is 0.642 bits per heavy atom. The highest BCUT2D eigenvalue weighted by Crippen LogP contribution is 2.43. The van der Waals surface area contributed by atoms with Gasteiger partial charge in [-0.25, -0.2) is 4.57 Å². The summed E-state index contributed by atoms with van der Waals surface area (Å²) in [6, 6.07) is -0.794. The summed E-state index contributed by atoms with van der Waals surface area (Å²) in [4.78, 5) is 22.7. The Morgan fingerprint density at radius 3 is 1.58 bits per heavy atom. The maximum atomic E-state index is 12.8. The fourth-order valence-electron chi connectivity index (χ4n) is 5.93. The molecule has 0 aliphatic carbocycles. The number of hydrogen-bond acceptors (Lipinski definition) is 6. The molecule has 0 aromatic rings. The van der Waals surface area contributed by atoms with Gasteiger partial charge in [0.15, 0.2) is 0 Å². The average Bonchev–Trinajstić information content (AvgIpc) is 3.14. The molecule has 0 fully saturated rings. The summed E-state index contributed by atoms with van der Waals surface area (Å²) in [5.74, 6) is -0.195. The van der Waals surface area contributed by atoms with Gasteiger partial charge >= 0.3 is 7.82 Å². The van der Waals surface area contributed by atoms with E-state index in [0.717, 1.165) is 77.0 Å². The number of carbonyl (C=O) groups excluding carboxylic acids is 1. The van der Waals surface area contributed by atoms with Gasteiger partial charge < -0.3 is 21.1 Å². The van der Waals surface area contributed by atoms with Gasteiger partial charge in [0, 0.05) is 13.0 Å². The maximum absolute atomic E-state index is 12.8. The number of phosphoric ester groups is 1. The molecule has 0 rings (SSSR count). The molecule has 8 nitrogen and oxygen atoms in total. The molecule has 9 heteroatoms. The van der Waals surface area contributed by atoms with Gasteiger partial charge in [0.05, 0.1) is 25.4 Å². The molecule has 3 atom stereocenters. The number of rotatable bonds is 39. The van der Waals surface area contributed by atoms with Gasteiger partial charge in [-0.3, -0.25) is 13.8 Å². The lowest BCUT2D eigenvalue weighted by Crippen LogP contribution is -2.46. The highest BCUT2D eigenvalue weighted by Gasteiger charge is 2.27. The van der Waals surface area contributed by atoms with Crippen LogP contribution in [0.15, 0.2) is 60.8 Å². The van der Waals surface area contributed by atoms with Gasteiger partial charge in [-0.1, -0.05) is 177 Å². The number of nitrogens with one attached hydrogen (secondary N) is 1. The third-order valence-electron chi connectivity index (χ3n) is 9.14. The van der Waals surface area contributed by atoms with Crippen LogP contribution in [-0.2, 0) is 18.4 Å². The largest absolute Gasteiger partial charge is 0.472 e. The van der Waals surface area contributed by atoms with Crippen molar-refractivity contribution in [2.24, 2.45) is 5.73 Å². The predicted molar refractivity (Wildman–Crippen MR) is 226 cm³/mol. The van der Waals surface area contributed by atoms with Crippen LogP contribution in [-0.4, -0.2) is 47.8 Å². The molecular weight excluding hydrogens is 683 g/mol. The van der Waals surface area contributed by atoms with E-state index in [1.54, 1.807) is 0 Å². The summed E-state index contributed by atoms with van der Waals surface area (Å²) < 4.78 is 22.2. The van der Waals surface area contributed by atoms with Crippen molar-refractivity contribution in [3.05, 3.63) is 60.8 Å². The van der Waals surface area contributed by atoms with Gasteiger partial charge in [-0.2, -0.15) is 0 Å². The first kappa shape index (κ1) is 51.2. The van der Waals surface area contributed by atoms with Crippen molar-refractivity contribution >= 4 is 13.7 Å². The number of phosphoric acid groups is 1. The van der Waals surface area contributed by atoms with E-state index in [1.165, 1.54) is 77.0 Å². The third-order valence-corrected chi connectivity index (χ3v) is 10.1. The number of carbonyl (C=O) groups is 1. The summed E-state index contributed by atoms with van der Waals surface area (Å²) in [5, 5.41) is 13.8. The predicted octanol–water partition coefficient (Wildman–Crippen LogP) is 11.9. The minimum atomic E-state index is -4.33. The van der Waals surface area contributed by atoms with Crippen LogP contribution < -0.4 is 11.1 Å². The Balaban J connectivity index is 4.26. The summed E-state index contributed by atoms with van der Waals surface area (Å²) in [6.07, 6.45) is 49.4. The molecule has 0 saturated heterocycles. The molecular formula is C44H81N2O6P. The first-order valence-electron chi connectivity index (χ1n) is 21.4. The van der Waals surface area contributed by atoms with Crippen LogP contribution >= 0.6 is 7.82 Å². The van der Waals surface area contributed by atoms with Crippen molar-refractivity contribution in [2.45, 2.75) is 193 Å². The molecule has 5 N–H and O–H groups in total. The molecule has 0 aliphatic rings. The fraction of sp³-hybridized carbons (Fsp3) is 0.750. The maximum Gasteiger partial charge on any atom is 0.472 e. The first-order chi connectivity index (χ1) is 25.9. The van der Waals surface area contributed by atoms with Crippen molar-refractivity contribution in [3.63, 3.8) is 0 Å². The summed E-state index contributed by atoms with van der Waals surface area (Å²) in [6.45, 7) is 4.06. The van der Waals surface area contributed by atoms with Crippen molar-refractivity contribution in [1.29, 1.82) is 0 Å². The van der Waals surface area contributed by atoms with E-state index in [1.807, 2.05) is 0 Å². The van der Waals surface area contributed by atoms with Gasteiger partial charge in [-0.15, -0.1) is 0 Å².